The predicted molar refractivity (Wildman–Crippen MR) is 104 cm³/mol. The van der Waals surface area contributed by atoms with E-state index in [0.29, 0.717) is 17.4 Å². The van der Waals surface area contributed by atoms with Crippen LogP contribution in [-0.4, -0.2) is 25.8 Å². The summed E-state index contributed by atoms with van der Waals surface area (Å²) in [6, 6.07) is 12.7. The van der Waals surface area contributed by atoms with Gasteiger partial charge >= 0.3 is 0 Å². The van der Waals surface area contributed by atoms with Crippen LogP contribution in [-0.2, 0) is 4.79 Å². The lowest BCUT2D eigenvalue weighted by Crippen LogP contribution is -2.16. The number of carbonyl (C=O) groups is 1. The van der Waals surface area contributed by atoms with Gasteiger partial charge in [-0.05, 0) is 25.0 Å². The molecule has 0 amide bonds. The van der Waals surface area contributed by atoms with Gasteiger partial charge in [-0.3, -0.25) is 9.36 Å². The first-order valence-electron chi connectivity index (χ1n) is 9.29. The Kier molecular flexibility index (Phi) is 5.52. The fourth-order valence-corrected chi connectivity index (χ4v) is 4.55. The second kappa shape index (κ2) is 8.22. The molecule has 3 aromatic rings. The highest BCUT2D eigenvalue weighted by atomic mass is 32.2. The molecule has 7 heteroatoms. The number of thioether (sulfide) groups is 1. The first kappa shape index (κ1) is 18.8. The summed E-state index contributed by atoms with van der Waals surface area (Å²) in [5.41, 5.74) is 0.923. The van der Waals surface area contributed by atoms with E-state index in [1.165, 1.54) is 23.9 Å². The molecule has 1 unspecified atom stereocenters. The normalized spacial score (nSPS) is 17.5. The number of hydrogen-bond donors (Lipinski definition) is 0. The topological polar surface area (TPSA) is 47.8 Å². The first-order chi connectivity index (χ1) is 13.6. The van der Waals surface area contributed by atoms with Gasteiger partial charge in [-0.1, -0.05) is 54.9 Å². The van der Waals surface area contributed by atoms with Crippen molar-refractivity contribution in [2.45, 2.75) is 42.5 Å². The van der Waals surface area contributed by atoms with E-state index in [0.717, 1.165) is 37.3 Å². The maximum Gasteiger partial charge on any atom is 0.196 e. The molecule has 0 N–H and O–H groups in total. The van der Waals surface area contributed by atoms with E-state index < -0.39 is 11.6 Å². The lowest BCUT2D eigenvalue weighted by molar-refractivity contribution is -0.118. The Balaban J connectivity index is 1.80. The zero-order chi connectivity index (χ0) is 19.5. The maximum absolute atomic E-state index is 14.6. The molecule has 1 aromatic heterocycles. The van der Waals surface area contributed by atoms with Crippen LogP contribution in [0, 0.1) is 11.6 Å². The molecule has 28 heavy (non-hydrogen) atoms. The Labute approximate surface area is 166 Å². The third kappa shape index (κ3) is 3.85. The van der Waals surface area contributed by atoms with Gasteiger partial charge in [0, 0.05) is 18.1 Å². The van der Waals surface area contributed by atoms with Gasteiger partial charge in [0.05, 0.1) is 10.9 Å². The Morgan fingerprint density at radius 2 is 1.82 bits per heavy atom. The van der Waals surface area contributed by atoms with Gasteiger partial charge in [0.15, 0.2) is 11.0 Å². The van der Waals surface area contributed by atoms with Crippen LogP contribution < -0.4 is 0 Å². The van der Waals surface area contributed by atoms with E-state index in [1.54, 1.807) is 4.57 Å². The highest BCUT2D eigenvalue weighted by Crippen LogP contribution is 2.34. The number of benzene rings is 2. The number of rotatable bonds is 4. The second-order valence-electron chi connectivity index (χ2n) is 6.78. The molecule has 4 nitrogen and oxygen atoms in total. The Hall–Kier alpha value is -2.54. The smallest absolute Gasteiger partial charge is 0.196 e. The molecule has 144 valence electrons. The summed E-state index contributed by atoms with van der Waals surface area (Å²) in [6.07, 6.45) is 4.25. The van der Waals surface area contributed by atoms with Crippen molar-refractivity contribution in [3.8, 4) is 17.1 Å². The fraction of sp³-hybridized carbons (Fsp3) is 0.286. The van der Waals surface area contributed by atoms with Gasteiger partial charge in [-0.15, -0.1) is 10.2 Å². The highest BCUT2D eigenvalue weighted by Gasteiger charge is 2.26. The van der Waals surface area contributed by atoms with Gasteiger partial charge in [0.25, 0.3) is 0 Å². The molecular formula is C21H19F2N3OS. The molecule has 0 aliphatic heterocycles. The van der Waals surface area contributed by atoms with Gasteiger partial charge in [0.1, 0.15) is 17.4 Å². The van der Waals surface area contributed by atoms with Crippen LogP contribution in [0.5, 0.6) is 0 Å². The largest absolute Gasteiger partial charge is 0.298 e. The molecule has 0 bridgehead atoms. The molecule has 2 aromatic carbocycles. The number of aromatic nitrogens is 3. The Morgan fingerprint density at radius 3 is 2.61 bits per heavy atom. The number of halogens is 2. The van der Waals surface area contributed by atoms with E-state index >= 15 is 0 Å². The maximum atomic E-state index is 14.6. The van der Waals surface area contributed by atoms with E-state index in [-0.39, 0.29) is 16.7 Å². The molecule has 1 saturated carbocycles. The minimum atomic E-state index is -0.703. The molecule has 1 aliphatic rings. The van der Waals surface area contributed by atoms with Crippen molar-refractivity contribution in [2.24, 2.45) is 0 Å². The summed E-state index contributed by atoms with van der Waals surface area (Å²) in [6.45, 7) is 0. The van der Waals surface area contributed by atoms with Crippen LogP contribution in [0.15, 0.2) is 53.7 Å². The van der Waals surface area contributed by atoms with Crippen molar-refractivity contribution >= 4 is 17.5 Å². The molecule has 0 radical (unpaired) electrons. The number of hydrogen-bond acceptors (Lipinski definition) is 4. The average molecular weight is 399 g/mol. The predicted octanol–water partition coefficient (Wildman–Crippen LogP) is 5.21. The average Bonchev–Trinajstić information content (AvgIpc) is 2.99. The van der Waals surface area contributed by atoms with Crippen LogP contribution in [0.4, 0.5) is 8.78 Å². The minimum Gasteiger partial charge on any atom is -0.298 e. The highest BCUT2D eigenvalue weighted by molar-refractivity contribution is 8.00. The van der Waals surface area contributed by atoms with Crippen LogP contribution in [0.1, 0.15) is 32.1 Å². The number of nitrogens with zero attached hydrogens (tertiary/aromatic N) is 3. The molecule has 4 rings (SSSR count). The van der Waals surface area contributed by atoms with E-state index in [9.17, 15) is 13.6 Å². The van der Waals surface area contributed by atoms with Crippen molar-refractivity contribution in [1.82, 2.24) is 14.8 Å². The monoisotopic (exact) mass is 399 g/mol. The van der Waals surface area contributed by atoms with Crippen molar-refractivity contribution < 1.29 is 13.6 Å². The van der Waals surface area contributed by atoms with Gasteiger partial charge < -0.3 is 0 Å². The van der Waals surface area contributed by atoms with E-state index in [4.69, 9.17) is 0 Å². The van der Waals surface area contributed by atoms with Crippen LogP contribution in [0.2, 0.25) is 0 Å². The molecule has 0 spiro atoms. The molecule has 1 aliphatic carbocycles. The van der Waals surface area contributed by atoms with Crippen molar-refractivity contribution in [1.29, 1.82) is 0 Å². The Bertz CT molecular complexity index is 991. The van der Waals surface area contributed by atoms with E-state index in [2.05, 4.69) is 10.2 Å². The number of ketones is 1. The van der Waals surface area contributed by atoms with Gasteiger partial charge in [-0.2, -0.15) is 0 Å². The number of carbonyl (C=O) groups excluding carboxylic acids is 1. The zero-order valence-corrected chi connectivity index (χ0v) is 16.0. The quantitative estimate of drug-likeness (QED) is 0.565. The first-order valence-corrected chi connectivity index (χ1v) is 10.2. The SMILES string of the molecule is O=C1CCCCCC1Sc1nnc(-c2ccccc2)n1-c1ccc(F)cc1F. The van der Waals surface area contributed by atoms with E-state index in [1.807, 2.05) is 30.3 Å². The zero-order valence-electron chi connectivity index (χ0n) is 15.1. The van der Waals surface area contributed by atoms with Crippen LogP contribution in [0.3, 0.4) is 0 Å². The van der Waals surface area contributed by atoms with Crippen LogP contribution >= 0.6 is 11.8 Å². The summed E-state index contributed by atoms with van der Waals surface area (Å²) < 4.78 is 29.6. The minimum absolute atomic E-state index is 0.161. The second-order valence-corrected chi connectivity index (χ2v) is 7.95. The van der Waals surface area contributed by atoms with Gasteiger partial charge in [-0.25, -0.2) is 8.78 Å². The summed E-state index contributed by atoms with van der Waals surface area (Å²) in [7, 11) is 0. The summed E-state index contributed by atoms with van der Waals surface area (Å²) in [5.74, 6) is -0.706. The van der Waals surface area contributed by atoms with Crippen molar-refractivity contribution in [3.63, 3.8) is 0 Å². The van der Waals surface area contributed by atoms with Gasteiger partial charge in [0.2, 0.25) is 0 Å². The molecule has 1 heterocycles. The molecular weight excluding hydrogens is 380 g/mol. The molecule has 1 fully saturated rings. The lowest BCUT2D eigenvalue weighted by atomic mass is 10.2. The van der Waals surface area contributed by atoms with Crippen molar-refractivity contribution in [3.05, 3.63) is 60.2 Å². The Morgan fingerprint density at radius 1 is 1.00 bits per heavy atom. The molecule has 1 atom stereocenters. The third-order valence-electron chi connectivity index (χ3n) is 4.81. The number of Topliss-reactive ketones (excluding diaryl/α,β-unsaturated/α-hetero) is 1. The lowest BCUT2D eigenvalue weighted by Gasteiger charge is -2.15. The summed E-state index contributed by atoms with van der Waals surface area (Å²) in [5, 5.41) is 8.73. The summed E-state index contributed by atoms with van der Waals surface area (Å²) >= 11 is 1.32. The third-order valence-corrected chi connectivity index (χ3v) is 6.07. The molecule has 0 saturated heterocycles. The fourth-order valence-electron chi connectivity index (χ4n) is 3.38. The van der Waals surface area contributed by atoms with Crippen LogP contribution in [0.25, 0.3) is 17.1 Å². The summed E-state index contributed by atoms with van der Waals surface area (Å²) in [4.78, 5) is 12.5. The van der Waals surface area contributed by atoms with Crippen molar-refractivity contribution in [2.75, 3.05) is 0 Å². The standard InChI is InChI=1S/C21H19F2N3OS/c22-15-11-12-17(16(23)13-15)26-20(14-7-3-1-4-8-14)24-25-21(26)28-19-10-6-2-5-9-18(19)27/h1,3-4,7-8,11-13,19H,2,5-6,9-10H2.